The van der Waals surface area contributed by atoms with Gasteiger partial charge in [0.2, 0.25) is 35.4 Å². The van der Waals surface area contributed by atoms with Crippen LogP contribution in [0.15, 0.2) is 0 Å². The molecule has 0 bridgehead atoms. The highest BCUT2D eigenvalue weighted by atomic mass is 16.5. The summed E-state index contributed by atoms with van der Waals surface area (Å²) in [6, 6.07) is -6.41. The van der Waals surface area contributed by atoms with Crippen LogP contribution in [-0.4, -0.2) is 117 Å². The molecule has 0 aliphatic carbocycles. The predicted molar refractivity (Wildman–Crippen MR) is 211 cm³/mol. The van der Waals surface area contributed by atoms with Crippen LogP contribution < -0.4 is 37.6 Å². The van der Waals surface area contributed by atoms with Gasteiger partial charge < -0.3 is 51.8 Å². The summed E-state index contributed by atoms with van der Waals surface area (Å²) in [5.41, 5.74) is 4.50. The Morgan fingerprint density at radius 3 is 1.79 bits per heavy atom. The van der Waals surface area contributed by atoms with E-state index in [0.717, 1.165) is 0 Å². The Labute approximate surface area is 333 Å². The van der Waals surface area contributed by atoms with Gasteiger partial charge in [-0.05, 0) is 76.0 Å². The van der Waals surface area contributed by atoms with E-state index in [1.54, 1.807) is 0 Å². The Kier molecular flexibility index (Phi) is 22.2. The predicted octanol–water partition coefficient (Wildman–Crippen LogP) is 0.817. The zero-order chi connectivity index (χ0) is 42.7. The molecule has 56 heavy (non-hydrogen) atoms. The van der Waals surface area contributed by atoms with Gasteiger partial charge in [0.05, 0.1) is 26.4 Å². The van der Waals surface area contributed by atoms with E-state index in [1.807, 2.05) is 55.4 Å². The van der Waals surface area contributed by atoms with Crippen LogP contribution >= 0.6 is 0 Å². The number of hydrogen-bond donors (Lipinski definition) is 7. The molecule has 1 rings (SSSR count). The molecule has 1 fully saturated rings. The summed E-state index contributed by atoms with van der Waals surface area (Å²) in [6.45, 7) is 18.0. The van der Waals surface area contributed by atoms with Gasteiger partial charge in [-0.2, -0.15) is 0 Å². The molecule has 8 N–H and O–H groups in total. The lowest BCUT2D eigenvalue weighted by Crippen LogP contribution is -2.64. The summed E-state index contributed by atoms with van der Waals surface area (Å²) >= 11 is 0. The molecule has 17 heteroatoms. The van der Waals surface area contributed by atoms with Crippen molar-refractivity contribution in [1.29, 1.82) is 0 Å². The average molecular weight is 798 g/mol. The molecule has 1 heterocycles. The lowest BCUT2D eigenvalue weighted by molar-refractivity contribution is -0.147. The average Bonchev–Trinajstić information content (AvgIpc) is 3.08. The molecule has 1 aliphatic rings. The molecule has 6 atom stereocenters. The summed E-state index contributed by atoms with van der Waals surface area (Å²) < 4.78 is 16.4. The van der Waals surface area contributed by atoms with Crippen molar-refractivity contribution in [2.75, 3.05) is 33.5 Å². The molecule has 1 saturated heterocycles. The summed E-state index contributed by atoms with van der Waals surface area (Å²) in [5, 5.41) is 16.3. The third-order valence-electron chi connectivity index (χ3n) is 8.91. The minimum Gasteiger partial charge on any atom is -0.467 e. The van der Waals surface area contributed by atoms with E-state index in [9.17, 15) is 33.6 Å². The van der Waals surface area contributed by atoms with Crippen LogP contribution in [0.1, 0.15) is 108 Å². The number of nitrogens with one attached hydrogen (secondary N) is 6. The number of carbonyl (C=O) groups excluding carboxylic acids is 7. The number of carbonyl (C=O) groups is 7. The molecule has 0 aromatic carbocycles. The second-order valence-corrected chi connectivity index (χ2v) is 16.9. The first kappa shape index (κ1) is 50.2. The van der Waals surface area contributed by atoms with Crippen molar-refractivity contribution < 1.29 is 47.8 Å². The normalized spacial score (nSPS) is 23.6. The fourth-order valence-corrected chi connectivity index (χ4v) is 5.91. The van der Waals surface area contributed by atoms with Crippen LogP contribution in [0.2, 0.25) is 0 Å². The number of esters is 1. The maximum Gasteiger partial charge on any atom is 0.330 e. The zero-order valence-corrected chi connectivity index (χ0v) is 35.5. The summed E-state index contributed by atoms with van der Waals surface area (Å²) in [4.78, 5) is 94.2. The first-order valence-electron chi connectivity index (χ1n) is 19.9. The lowest BCUT2D eigenvalue weighted by atomic mass is 9.98. The molecule has 2 unspecified atom stereocenters. The van der Waals surface area contributed by atoms with Crippen molar-refractivity contribution in [1.82, 2.24) is 31.9 Å². The van der Waals surface area contributed by atoms with Crippen molar-refractivity contribution in [3.8, 4) is 0 Å². The van der Waals surface area contributed by atoms with Crippen molar-refractivity contribution >= 4 is 41.4 Å². The Morgan fingerprint density at radius 1 is 0.750 bits per heavy atom. The molecule has 6 amide bonds. The highest BCUT2D eigenvalue weighted by Gasteiger charge is 2.37. The van der Waals surface area contributed by atoms with Gasteiger partial charge in [0.1, 0.15) is 29.7 Å². The fraction of sp³-hybridized carbons (Fsp3) is 0.821. The van der Waals surface area contributed by atoms with E-state index in [0.29, 0.717) is 19.3 Å². The van der Waals surface area contributed by atoms with Crippen molar-refractivity contribution in [3.05, 3.63) is 0 Å². The van der Waals surface area contributed by atoms with Crippen molar-refractivity contribution in [3.63, 3.8) is 0 Å². The monoisotopic (exact) mass is 798 g/mol. The number of methoxy groups -OCH3 is 1. The summed E-state index contributed by atoms with van der Waals surface area (Å²) in [6.07, 6.45) is 2.08. The summed E-state index contributed by atoms with van der Waals surface area (Å²) in [5.74, 6) is -4.44. The topological polar surface area (TPSA) is 245 Å². The quantitative estimate of drug-likeness (QED) is 0.129. The Morgan fingerprint density at radius 2 is 1.27 bits per heavy atom. The first-order chi connectivity index (χ1) is 26.1. The van der Waals surface area contributed by atoms with E-state index in [1.165, 1.54) is 21.0 Å². The number of rotatable bonds is 13. The van der Waals surface area contributed by atoms with Gasteiger partial charge >= 0.3 is 5.97 Å². The van der Waals surface area contributed by atoms with Gasteiger partial charge in [0.25, 0.3) is 0 Å². The van der Waals surface area contributed by atoms with Crippen molar-refractivity contribution in [2.45, 2.75) is 150 Å². The third kappa shape index (κ3) is 18.9. The number of hydrogen-bond acceptors (Lipinski definition) is 11. The number of nitrogens with two attached hydrogens (primary N) is 1. The van der Waals surface area contributed by atoms with Crippen LogP contribution in [0, 0.1) is 23.7 Å². The van der Waals surface area contributed by atoms with Crippen LogP contribution in [0.4, 0.5) is 0 Å². The zero-order valence-electron chi connectivity index (χ0n) is 35.5. The van der Waals surface area contributed by atoms with Gasteiger partial charge in [0.15, 0.2) is 6.04 Å². The smallest absolute Gasteiger partial charge is 0.330 e. The molecule has 0 spiro atoms. The molecule has 0 saturated carbocycles. The van der Waals surface area contributed by atoms with Crippen LogP contribution in [0.5, 0.6) is 0 Å². The minimum absolute atomic E-state index is 0.00109. The van der Waals surface area contributed by atoms with Gasteiger partial charge in [-0.15, -0.1) is 0 Å². The van der Waals surface area contributed by atoms with E-state index in [2.05, 4.69) is 31.9 Å². The van der Waals surface area contributed by atoms with Crippen molar-refractivity contribution in [2.24, 2.45) is 29.4 Å². The van der Waals surface area contributed by atoms with E-state index in [-0.39, 0.29) is 69.4 Å². The van der Waals surface area contributed by atoms with Gasteiger partial charge in [-0.3, -0.25) is 28.8 Å². The number of amides is 6. The molecule has 0 aromatic heterocycles. The molecule has 0 aromatic rings. The third-order valence-corrected chi connectivity index (χ3v) is 8.91. The molecule has 322 valence electrons. The Hall–Kier alpha value is -3.83. The molecule has 17 nitrogen and oxygen atoms in total. The standard InChI is InChI=1S/C39H71N7O10/c1-22(2)16-26(40)32(47)41-27(17-23(3)4)33(48)43-30-20-55-14-12-13-15-56-21-31(37(52)54-11)44-34(49)28(18-24(5)6)42-35(50)29(19-25(7)8)45-38(53)39(9,10)46-36(30)51/h22-31H,12-21,40H2,1-11H3,(H,41,47)(H,42,50)(H,43,48)(H,44,49)(H,45,53)(H,46,51)/t26-,27-,28?,29-,30+,31?/m0/s1. The molecule has 1 aliphatic heterocycles. The fourth-order valence-electron chi connectivity index (χ4n) is 5.91. The van der Waals surface area contributed by atoms with E-state index in [4.69, 9.17) is 19.9 Å². The lowest BCUT2D eigenvalue weighted by Gasteiger charge is -2.31. The van der Waals surface area contributed by atoms with E-state index >= 15 is 0 Å². The SMILES string of the molecule is COC(=O)C1COCCCCOC[C@@H](NC(=O)[C@H](CC(C)C)NC(=O)[C@@H](N)CC(C)C)C(=O)NC(C)(C)C(=O)N[C@@H](CC(C)C)C(=O)NC(CC(C)C)C(=O)N1. The molecule has 0 radical (unpaired) electrons. The van der Waals surface area contributed by atoms with Crippen LogP contribution in [-0.2, 0) is 47.8 Å². The second kappa shape index (κ2) is 24.7. The second-order valence-electron chi connectivity index (χ2n) is 16.9. The van der Waals surface area contributed by atoms with Crippen LogP contribution in [0.25, 0.3) is 0 Å². The van der Waals surface area contributed by atoms with Gasteiger partial charge in [-0.25, -0.2) is 4.79 Å². The van der Waals surface area contributed by atoms with Gasteiger partial charge in [-0.1, -0.05) is 55.4 Å². The summed E-state index contributed by atoms with van der Waals surface area (Å²) in [7, 11) is 1.19. The minimum atomic E-state index is -1.59. The highest BCUT2D eigenvalue weighted by Crippen LogP contribution is 2.13. The highest BCUT2D eigenvalue weighted by molar-refractivity contribution is 5.98. The Bertz CT molecular complexity index is 1310. The molecular formula is C39H71N7O10. The van der Waals surface area contributed by atoms with Crippen LogP contribution in [0.3, 0.4) is 0 Å². The first-order valence-corrected chi connectivity index (χ1v) is 19.9. The maximum absolute atomic E-state index is 13.9. The number of ether oxygens (including phenoxy) is 3. The largest absolute Gasteiger partial charge is 0.467 e. The van der Waals surface area contributed by atoms with E-state index < -0.39 is 83.2 Å². The molecular weight excluding hydrogens is 726 g/mol. The maximum atomic E-state index is 13.9. The Balaban J connectivity index is 3.48. The van der Waals surface area contributed by atoms with Gasteiger partial charge in [0, 0.05) is 13.2 Å².